The van der Waals surface area contributed by atoms with Gasteiger partial charge in [-0.05, 0) is 30.3 Å². The second-order valence-corrected chi connectivity index (χ2v) is 5.26. The van der Waals surface area contributed by atoms with Crippen LogP contribution in [-0.2, 0) is 4.79 Å². The largest absolute Gasteiger partial charge is 0.490 e. The van der Waals surface area contributed by atoms with Gasteiger partial charge in [-0.1, -0.05) is 0 Å². The van der Waals surface area contributed by atoms with Crippen LogP contribution in [0.5, 0.6) is 5.75 Å². The quantitative estimate of drug-likeness (QED) is 0.845. The molecule has 1 aliphatic heterocycles. The normalized spacial score (nSPS) is 16.8. The van der Waals surface area contributed by atoms with Crippen LogP contribution in [-0.4, -0.2) is 30.5 Å². The fourth-order valence-corrected chi connectivity index (χ4v) is 3.14. The Kier molecular flexibility index (Phi) is 3.90. The lowest BCUT2D eigenvalue weighted by Gasteiger charge is -2.32. The second-order valence-electron chi connectivity index (χ2n) is 4.51. The highest BCUT2D eigenvalue weighted by Gasteiger charge is 2.25. The molecule has 0 spiro atoms. The fraction of sp³-hybridized carbons (Fsp3) is 0.636. The summed E-state index contributed by atoms with van der Waals surface area (Å²) >= 11 is 1.36. The maximum absolute atomic E-state index is 10.9. The van der Waals surface area contributed by atoms with Gasteiger partial charge in [-0.2, -0.15) is 4.37 Å². The van der Waals surface area contributed by atoms with E-state index in [9.17, 15) is 4.79 Å². The van der Waals surface area contributed by atoms with Crippen molar-refractivity contribution in [3.8, 4) is 5.75 Å². The van der Waals surface area contributed by atoms with Gasteiger partial charge in [0.15, 0.2) is 16.6 Å². The molecular weight excluding hydrogens is 252 g/mol. The van der Waals surface area contributed by atoms with E-state index in [1.807, 2.05) is 0 Å². The Hall–Kier alpha value is -1.50. The molecule has 1 fully saturated rings. The van der Waals surface area contributed by atoms with Crippen LogP contribution in [0.1, 0.15) is 19.3 Å². The number of primary amides is 1. The molecule has 6 nitrogen and oxygen atoms in total. The van der Waals surface area contributed by atoms with E-state index in [1.165, 1.54) is 11.5 Å². The Balaban J connectivity index is 1.99. The average molecular weight is 270 g/mol. The zero-order chi connectivity index (χ0) is 13.1. The number of piperidine rings is 1. The highest BCUT2D eigenvalue weighted by Crippen LogP contribution is 2.39. The van der Waals surface area contributed by atoms with E-state index in [2.05, 4.69) is 9.27 Å². The minimum absolute atomic E-state index is 0.215. The van der Waals surface area contributed by atoms with Crippen molar-refractivity contribution in [3.63, 3.8) is 0 Å². The number of carbonyl (C=O) groups excluding carboxylic acids is 1. The van der Waals surface area contributed by atoms with E-state index < -0.39 is 0 Å². The lowest BCUT2D eigenvalue weighted by molar-refractivity contribution is -0.119. The molecule has 1 aromatic heterocycles. The number of amides is 1. The summed E-state index contributed by atoms with van der Waals surface area (Å²) in [6.07, 6.45) is 2.41. The highest BCUT2D eigenvalue weighted by molar-refractivity contribution is 7.11. The van der Waals surface area contributed by atoms with Gasteiger partial charge < -0.3 is 21.1 Å². The predicted octanol–water partition coefficient (Wildman–Crippen LogP) is 0.826. The number of hydrogen-bond donors (Lipinski definition) is 2. The Labute approximate surface area is 110 Å². The van der Waals surface area contributed by atoms with E-state index in [4.69, 9.17) is 16.2 Å². The van der Waals surface area contributed by atoms with Gasteiger partial charge in [-0.3, -0.25) is 4.79 Å². The number of ether oxygens (including phenoxy) is 1. The number of nitrogen functional groups attached to an aromatic ring is 1. The monoisotopic (exact) mass is 270 g/mol. The number of nitrogens with zero attached hydrogens (tertiary/aromatic N) is 2. The zero-order valence-electron chi connectivity index (χ0n) is 10.4. The van der Waals surface area contributed by atoms with Crippen molar-refractivity contribution < 1.29 is 9.53 Å². The second kappa shape index (κ2) is 5.43. The van der Waals surface area contributed by atoms with E-state index in [-0.39, 0.29) is 5.91 Å². The maximum atomic E-state index is 10.9. The summed E-state index contributed by atoms with van der Waals surface area (Å²) in [5.74, 6) is 1.29. The third kappa shape index (κ3) is 2.66. The first-order valence-electron chi connectivity index (χ1n) is 5.94. The van der Waals surface area contributed by atoms with Crippen LogP contribution in [0.2, 0.25) is 0 Å². The Morgan fingerprint density at radius 1 is 1.56 bits per heavy atom. The van der Waals surface area contributed by atoms with E-state index >= 15 is 0 Å². The highest BCUT2D eigenvalue weighted by atomic mass is 32.1. The summed E-state index contributed by atoms with van der Waals surface area (Å²) in [5, 5.41) is 0.979. The summed E-state index contributed by atoms with van der Waals surface area (Å²) in [7, 11) is 1.60. The number of carbonyl (C=O) groups is 1. The first kappa shape index (κ1) is 12.9. The summed E-state index contributed by atoms with van der Waals surface area (Å²) in [4.78, 5) is 13.1. The molecule has 2 rings (SSSR count). The van der Waals surface area contributed by atoms with Crippen LogP contribution >= 0.6 is 11.5 Å². The molecule has 0 saturated carbocycles. The van der Waals surface area contributed by atoms with Crippen molar-refractivity contribution in [2.24, 2.45) is 11.7 Å². The summed E-state index contributed by atoms with van der Waals surface area (Å²) in [6.45, 7) is 1.77. The van der Waals surface area contributed by atoms with E-state index in [0.717, 1.165) is 30.9 Å². The number of rotatable bonds is 4. The lowest BCUT2D eigenvalue weighted by Crippen LogP contribution is -2.34. The topological polar surface area (TPSA) is 94.5 Å². The van der Waals surface area contributed by atoms with E-state index in [1.54, 1.807) is 7.11 Å². The van der Waals surface area contributed by atoms with Crippen molar-refractivity contribution >= 4 is 28.3 Å². The van der Waals surface area contributed by atoms with Gasteiger partial charge >= 0.3 is 0 Å². The standard InChI is InChI=1S/C11H18N4O2S/c1-17-9-10(13)14-18-11(9)15-4-2-7(3-5-15)6-8(12)16/h7H,2-6H2,1H3,(H2,12,16)(H2,13,14). The third-order valence-corrected chi connectivity index (χ3v) is 4.16. The van der Waals surface area contributed by atoms with Crippen LogP contribution in [0.25, 0.3) is 0 Å². The molecule has 7 heteroatoms. The van der Waals surface area contributed by atoms with Gasteiger partial charge in [0.1, 0.15) is 0 Å². The number of nitrogens with two attached hydrogens (primary N) is 2. The summed E-state index contributed by atoms with van der Waals surface area (Å²) in [5.41, 5.74) is 11.0. The van der Waals surface area contributed by atoms with Crippen LogP contribution in [0.3, 0.4) is 0 Å². The molecule has 2 heterocycles. The number of aromatic nitrogens is 1. The first-order valence-corrected chi connectivity index (χ1v) is 6.71. The Bertz CT molecular complexity index is 427. The molecule has 1 aliphatic rings. The molecule has 0 bridgehead atoms. The average Bonchev–Trinajstić information content (AvgIpc) is 2.70. The number of methoxy groups -OCH3 is 1. The Morgan fingerprint density at radius 3 is 2.78 bits per heavy atom. The molecule has 0 atom stereocenters. The van der Waals surface area contributed by atoms with Gasteiger partial charge in [0.2, 0.25) is 5.91 Å². The van der Waals surface area contributed by atoms with Crippen molar-refractivity contribution in [2.75, 3.05) is 30.8 Å². The first-order chi connectivity index (χ1) is 8.61. The number of anilines is 2. The molecular formula is C11H18N4O2S. The molecule has 1 saturated heterocycles. The molecule has 0 aromatic carbocycles. The van der Waals surface area contributed by atoms with Crippen LogP contribution in [0.15, 0.2) is 0 Å². The molecule has 1 amide bonds. The molecule has 4 N–H and O–H groups in total. The third-order valence-electron chi connectivity index (χ3n) is 3.25. The zero-order valence-corrected chi connectivity index (χ0v) is 11.2. The predicted molar refractivity (Wildman–Crippen MR) is 71.8 cm³/mol. The van der Waals surface area contributed by atoms with Gasteiger partial charge in [-0.15, -0.1) is 0 Å². The van der Waals surface area contributed by atoms with Crippen LogP contribution < -0.4 is 21.1 Å². The molecule has 0 radical (unpaired) electrons. The maximum Gasteiger partial charge on any atom is 0.217 e. The minimum Gasteiger partial charge on any atom is -0.490 e. The van der Waals surface area contributed by atoms with Crippen molar-refractivity contribution in [1.29, 1.82) is 0 Å². The van der Waals surface area contributed by atoms with Gasteiger partial charge in [0.25, 0.3) is 0 Å². The molecule has 1 aromatic rings. The van der Waals surface area contributed by atoms with Crippen LogP contribution in [0, 0.1) is 5.92 Å². The number of hydrogen-bond acceptors (Lipinski definition) is 6. The Morgan fingerprint density at radius 2 is 2.22 bits per heavy atom. The van der Waals surface area contributed by atoms with Crippen molar-refractivity contribution in [3.05, 3.63) is 0 Å². The molecule has 18 heavy (non-hydrogen) atoms. The van der Waals surface area contributed by atoms with Crippen molar-refractivity contribution in [2.45, 2.75) is 19.3 Å². The molecule has 0 unspecified atom stereocenters. The van der Waals surface area contributed by atoms with Gasteiger partial charge in [-0.25, -0.2) is 0 Å². The summed E-state index contributed by atoms with van der Waals surface area (Å²) in [6, 6.07) is 0. The van der Waals surface area contributed by atoms with Gasteiger partial charge in [0.05, 0.1) is 7.11 Å². The molecule has 0 aliphatic carbocycles. The van der Waals surface area contributed by atoms with Crippen LogP contribution in [0.4, 0.5) is 10.8 Å². The molecule has 100 valence electrons. The smallest absolute Gasteiger partial charge is 0.217 e. The van der Waals surface area contributed by atoms with E-state index in [0.29, 0.717) is 23.9 Å². The SMILES string of the molecule is COc1c(N)nsc1N1CCC(CC(N)=O)CC1. The van der Waals surface area contributed by atoms with Gasteiger partial charge in [0, 0.05) is 19.5 Å². The lowest BCUT2D eigenvalue weighted by atomic mass is 9.93. The minimum atomic E-state index is -0.215. The fourth-order valence-electron chi connectivity index (χ4n) is 2.30. The van der Waals surface area contributed by atoms with Crippen molar-refractivity contribution in [1.82, 2.24) is 4.37 Å². The summed E-state index contributed by atoms with van der Waals surface area (Å²) < 4.78 is 9.38.